The Morgan fingerprint density at radius 2 is 1.74 bits per heavy atom. The molecular weight excluding hydrogens is 358 g/mol. The zero-order chi connectivity index (χ0) is 19.7. The number of carbonyl (C=O) groups excluding carboxylic acids is 1. The molecule has 4 nitrogen and oxygen atoms in total. The minimum atomic E-state index is -0.527. The topological polar surface area (TPSA) is 49.8 Å². The Labute approximate surface area is 166 Å². The molecule has 0 saturated carbocycles. The van der Waals surface area contributed by atoms with E-state index in [1.54, 1.807) is 16.7 Å². The molecule has 0 saturated heterocycles. The van der Waals surface area contributed by atoms with Crippen molar-refractivity contribution >= 4 is 17.9 Å². The zero-order valence-corrected chi connectivity index (χ0v) is 17.2. The average Bonchev–Trinajstić information content (AvgIpc) is 2.61. The van der Waals surface area contributed by atoms with Crippen LogP contribution in [-0.4, -0.2) is 41.4 Å². The van der Waals surface area contributed by atoms with Crippen LogP contribution in [0.2, 0.25) is 0 Å². The average molecular weight is 388 g/mol. The lowest BCUT2D eigenvalue weighted by Gasteiger charge is -2.27. The van der Waals surface area contributed by atoms with Gasteiger partial charge in [-0.15, -0.1) is 0 Å². The Hall–Kier alpha value is -1.98. The molecule has 27 heavy (non-hydrogen) atoms. The van der Waals surface area contributed by atoms with E-state index in [0.717, 1.165) is 6.42 Å². The van der Waals surface area contributed by atoms with E-state index < -0.39 is 5.60 Å². The number of rotatable bonds is 8. The summed E-state index contributed by atoms with van der Waals surface area (Å²) < 4.78 is 5.49. The Bertz CT molecular complexity index is 713. The Balaban J connectivity index is 1.99. The molecule has 2 rings (SSSR count). The molecule has 146 valence electrons. The Kier molecular flexibility index (Phi) is 8.20. The molecule has 0 aliphatic carbocycles. The summed E-state index contributed by atoms with van der Waals surface area (Å²) >= 11 is 1.73. The Morgan fingerprint density at radius 1 is 1.04 bits per heavy atom. The normalized spacial score (nSPS) is 11.3. The van der Waals surface area contributed by atoms with Gasteiger partial charge in [-0.25, -0.2) is 4.79 Å². The molecule has 1 N–H and O–H groups in total. The number of aliphatic hydroxyl groups is 1. The molecule has 0 heterocycles. The second-order valence-electron chi connectivity index (χ2n) is 7.36. The first-order chi connectivity index (χ1) is 12.9. The summed E-state index contributed by atoms with van der Waals surface area (Å²) in [7, 11) is 0. The van der Waals surface area contributed by atoms with Crippen LogP contribution in [0.1, 0.15) is 32.8 Å². The summed E-state index contributed by atoms with van der Waals surface area (Å²) in [5.74, 6) is 0. The van der Waals surface area contributed by atoms with Gasteiger partial charge in [-0.05, 0) is 63.4 Å². The van der Waals surface area contributed by atoms with Crippen molar-refractivity contribution in [3.63, 3.8) is 0 Å². The molecule has 0 bridgehead atoms. The monoisotopic (exact) mass is 387 g/mol. The van der Waals surface area contributed by atoms with Gasteiger partial charge in [0.25, 0.3) is 0 Å². The van der Waals surface area contributed by atoms with Crippen LogP contribution < -0.4 is 0 Å². The fourth-order valence-corrected chi connectivity index (χ4v) is 3.46. The van der Waals surface area contributed by atoms with Crippen molar-refractivity contribution in [2.45, 2.75) is 49.0 Å². The van der Waals surface area contributed by atoms with Crippen LogP contribution >= 0.6 is 11.8 Å². The zero-order valence-electron chi connectivity index (χ0n) is 16.4. The first-order valence-corrected chi connectivity index (χ1v) is 10.1. The summed E-state index contributed by atoms with van der Waals surface area (Å²) in [5.41, 5.74) is 0.648. The minimum absolute atomic E-state index is 0.0580. The smallest absolute Gasteiger partial charge is 0.410 e. The molecule has 2 aromatic rings. The molecule has 1 amide bonds. The van der Waals surface area contributed by atoms with Gasteiger partial charge in [0.2, 0.25) is 0 Å². The maximum atomic E-state index is 12.4. The number of amides is 1. The number of benzene rings is 2. The summed E-state index contributed by atoms with van der Waals surface area (Å²) in [6.07, 6.45) is 0.961. The van der Waals surface area contributed by atoms with Gasteiger partial charge >= 0.3 is 6.09 Å². The molecule has 0 radical (unpaired) electrons. The van der Waals surface area contributed by atoms with Crippen LogP contribution in [0.5, 0.6) is 0 Å². The van der Waals surface area contributed by atoms with Crippen molar-refractivity contribution in [2.75, 3.05) is 19.7 Å². The Morgan fingerprint density at radius 3 is 2.41 bits per heavy atom. The lowest BCUT2D eigenvalue weighted by molar-refractivity contribution is 0.0242. The molecule has 0 aliphatic rings. The third-order valence-electron chi connectivity index (χ3n) is 3.79. The van der Waals surface area contributed by atoms with Crippen LogP contribution in [0.15, 0.2) is 64.4 Å². The second kappa shape index (κ2) is 10.4. The molecule has 0 unspecified atom stereocenters. The maximum absolute atomic E-state index is 12.4. The van der Waals surface area contributed by atoms with Crippen LogP contribution in [0.25, 0.3) is 0 Å². The second-order valence-corrected chi connectivity index (χ2v) is 8.50. The standard InChI is InChI=1S/C22H29NO3S/c1-22(2,3)26-21(25)23(14-8-16-24)15-13-18-9-7-12-20(17-18)27-19-10-5-4-6-11-19/h4-7,9-12,17,24H,8,13-16H2,1-3H3. The number of nitrogens with zero attached hydrogens (tertiary/aromatic N) is 1. The van der Waals surface area contributed by atoms with Crippen LogP contribution in [0, 0.1) is 0 Å². The van der Waals surface area contributed by atoms with Crippen molar-refractivity contribution in [1.29, 1.82) is 0 Å². The van der Waals surface area contributed by atoms with E-state index in [1.165, 1.54) is 15.4 Å². The van der Waals surface area contributed by atoms with Gasteiger partial charge < -0.3 is 14.7 Å². The summed E-state index contributed by atoms with van der Waals surface area (Å²) in [6.45, 7) is 6.69. The minimum Gasteiger partial charge on any atom is -0.444 e. The molecular formula is C22H29NO3S. The number of hydrogen-bond acceptors (Lipinski definition) is 4. The van der Waals surface area contributed by atoms with Gasteiger partial charge in [-0.1, -0.05) is 42.1 Å². The fourth-order valence-electron chi connectivity index (χ4n) is 2.54. The van der Waals surface area contributed by atoms with Gasteiger partial charge in [-0.2, -0.15) is 0 Å². The van der Waals surface area contributed by atoms with Crippen molar-refractivity contribution in [3.8, 4) is 0 Å². The lowest BCUT2D eigenvalue weighted by atomic mass is 10.1. The molecule has 0 fully saturated rings. The van der Waals surface area contributed by atoms with Crippen molar-refractivity contribution < 1.29 is 14.6 Å². The van der Waals surface area contributed by atoms with E-state index in [2.05, 4.69) is 30.3 Å². The predicted octanol–water partition coefficient (Wildman–Crippen LogP) is 5.00. The molecule has 0 aromatic heterocycles. The van der Waals surface area contributed by atoms with E-state index in [1.807, 2.05) is 45.0 Å². The summed E-state index contributed by atoms with van der Waals surface area (Å²) in [4.78, 5) is 16.5. The molecule has 0 atom stereocenters. The highest BCUT2D eigenvalue weighted by Crippen LogP contribution is 2.28. The summed E-state index contributed by atoms with van der Waals surface area (Å²) in [5, 5.41) is 9.11. The first-order valence-electron chi connectivity index (χ1n) is 9.28. The molecule has 2 aromatic carbocycles. The lowest BCUT2D eigenvalue weighted by Crippen LogP contribution is -2.38. The highest BCUT2D eigenvalue weighted by molar-refractivity contribution is 7.99. The molecule has 5 heteroatoms. The molecule has 0 spiro atoms. The first kappa shape index (κ1) is 21.3. The van der Waals surface area contributed by atoms with E-state index in [-0.39, 0.29) is 12.7 Å². The van der Waals surface area contributed by atoms with Crippen molar-refractivity contribution in [2.24, 2.45) is 0 Å². The van der Waals surface area contributed by atoms with E-state index in [0.29, 0.717) is 19.5 Å². The van der Waals surface area contributed by atoms with Gasteiger partial charge in [-0.3, -0.25) is 0 Å². The van der Waals surface area contributed by atoms with E-state index in [4.69, 9.17) is 9.84 Å². The number of aliphatic hydroxyl groups excluding tert-OH is 1. The third kappa shape index (κ3) is 8.06. The predicted molar refractivity (Wildman–Crippen MR) is 110 cm³/mol. The maximum Gasteiger partial charge on any atom is 0.410 e. The SMILES string of the molecule is CC(C)(C)OC(=O)N(CCCO)CCc1cccc(Sc2ccccc2)c1. The quantitative estimate of drug-likeness (QED) is 0.692. The van der Waals surface area contributed by atoms with E-state index in [9.17, 15) is 4.79 Å². The number of carbonyl (C=O) groups is 1. The van der Waals surface area contributed by atoms with Crippen LogP contribution in [-0.2, 0) is 11.2 Å². The van der Waals surface area contributed by atoms with E-state index >= 15 is 0 Å². The molecule has 0 aliphatic heterocycles. The van der Waals surface area contributed by atoms with Gasteiger partial charge in [0.15, 0.2) is 0 Å². The number of ether oxygens (including phenoxy) is 1. The van der Waals surface area contributed by atoms with Crippen LogP contribution in [0.4, 0.5) is 4.79 Å². The third-order valence-corrected chi connectivity index (χ3v) is 4.78. The largest absolute Gasteiger partial charge is 0.444 e. The van der Waals surface area contributed by atoms with Gasteiger partial charge in [0.05, 0.1) is 0 Å². The summed E-state index contributed by atoms with van der Waals surface area (Å²) in [6, 6.07) is 18.7. The van der Waals surface area contributed by atoms with Crippen molar-refractivity contribution in [3.05, 3.63) is 60.2 Å². The highest BCUT2D eigenvalue weighted by atomic mass is 32.2. The van der Waals surface area contributed by atoms with Gasteiger partial charge in [0, 0.05) is 29.5 Å². The highest BCUT2D eigenvalue weighted by Gasteiger charge is 2.21. The fraction of sp³-hybridized carbons (Fsp3) is 0.409. The number of hydrogen-bond donors (Lipinski definition) is 1. The van der Waals surface area contributed by atoms with Gasteiger partial charge in [0.1, 0.15) is 5.60 Å². The van der Waals surface area contributed by atoms with Crippen LogP contribution in [0.3, 0.4) is 0 Å². The van der Waals surface area contributed by atoms with Crippen molar-refractivity contribution in [1.82, 2.24) is 4.90 Å².